The van der Waals surface area contributed by atoms with Crippen molar-refractivity contribution in [3.63, 3.8) is 0 Å². The van der Waals surface area contributed by atoms with Gasteiger partial charge in [-0.15, -0.1) is 69.1 Å². The van der Waals surface area contributed by atoms with E-state index in [1.807, 2.05) is 0 Å². The monoisotopic (exact) mass is 782 g/mol. The van der Waals surface area contributed by atoms with Crippen LogP contribution in [0.25, 0.3) is 43.8 Å². The Kier molecular flexibility index (Phi) is 18.0. The molecule has 4 heteroatoms. The quantitative estimate of drug-likeness (QED) is 0.109. The van der Waals surface area contributed by atoms with Crippen molar-refractivity contribution in [1.82, 2.24) is 0 Å². The Bertz CT molecular complexity index is 1870. The van der Waals surface area contributed by atoms with Gasteiger partial charge in [0.15, 0.2) is 0 Å². The van der Waals surface area contributed by atoms with Crippen molar-refractivity contribution in [2.45, 2.75) is 98.6 Å². The fraction of sp³-hybridized carbons (Fsp3) is 0.333. The zero-order chi connectivity index (χ0) is 34.1. The van der Waals surface area contributed by atoms with Crippen LogP contribution in [0, 0.1) is 0 Å². The first-order valence-electron chi connectivity index (χ1n) is 17.7. The molecule has 0 saturated heterocycles. The van der Waals surface area contributed by atoms with Gasteiger partial charge in [-0.3, -0.25) is 0 Å². The number of hydrogen-bond donors (Lipinski definition) is 0. The van der Waals surface area contributed by atoms with E-state index in [9.17, 15) is 0 Å². The second-order valence-electron chi connectivity index (χ2n) is 13.6. The molecule has 6 aromatic rings. The normalized spacial score (nSPS) is 11.8. The third-order valence-electron chi connectivity index (χ3n) is 9.46. The number of aryl methyl sites for hydroxylation is 1. The summed E-state index contributed by atoms with van der Waals surface area (Å²) in [6, 6.07) is 40.8. The number of hydrogen-bond acceptors (Lipinski definition) is 0. The van der Waals surface area contributed by atoms with Crippen molar-refractivity contribution in [3.8, 4) is 22.3 Å². The zero-order valence-corrected chi connectivity index (χ0v) is 36.0. The molecule has 0 spiro atoms. The summed E-state index contributed by atoms with van der Waals surface area (Å²) in [6.45, 7) is 20.4. The Hall–Kier alpha value is -2.22. The molecule has 2 unspecified atom stereocenters. The SMILES string of the molecule is CCC(C)c1ccc(-c2cccc3[cH-]c(C(C)C)cc23)cc1.CCc1cc2c(-c3ccc(C(C)CC)cc3)cccc2[cH-]1.C[Si](C)=[Zr+2].[Cl-].[Cl-]. The molecule has 0 bridgehead atoms. The minimum absolute atomic E-state index is 0. The summed E-state index contributed by atoms with van der Waals surface area (Å²) in [7, 11) is 0. The first kappa shape index (κ1) is 42.9. The van der Waals surface area contributed by atoms with Crippen LogP contribution in [-0.4, -0.2) is 5.43 Å². The molecule has 0 aliphatic heterocycles. The van der Waals surface area contributed by atoms with Gasteiger partial charge in [-0.2, -0.15) is 12.1 Å². The summed E-state index contributed by atoms with van der Waals surface area (Å²) in [5.41, 5.74) is 11.3. The molecule has 258 valence electrons. The van der Waals surface area contributed by atoms with Crippen molar-refractivity contribution >= 4 is 27.0 Å². The van der Waals surface area contributed by atoms with Crippen molar-refractivity contribution in [2.24, 2.45) is 0 Å². The van der Waals surface area contributed by atoms with Gasteiger partial charge in [0.05, 0.1) is 0 Å². The Morgan fingerprint density at radius 3 is 1.39 bits per heavy atom. The van der Waals surface area contributed by atoms with Crippen molar-refractivity contribution in [1.29, 1.82) is 0 Å². The maximum absolute atomic E-state index is 2.36. The Balaban J connectivity index is 0.000000296. The van der Waals surface area contributed by atoms with Crippen molar-refractivity contribution in [2.75, 3.05) is 0 Å². The van der Waals surface area contributed by atoms with Crippen LogP contribution in [0.1, 0.15) is 101 Å². The molecule has 6 aromatic carbocycles. The summed E-state index contributed by atoms with van der Waals surface area (Å²) < 4.78 is 0. The van der Waals surface area contributed by atoms with E-state index >= 15 is 0 Å². The minimum Gasteiger partial charge on any atom is -1.00 e. The first-order chi connectivity index (χ1) is 22.6. The average Bonchev–Trinajstić information content (AvgIpc) is 3.73. The Labute approximate surface area is 325 Å². The molecule has 0 aliphatic carbocycles. The second kappa shape index (κ2) is 20.6. The van der Waals surface area contributed by atoms with Crippen LogP contribution >= 0.6 is 0 Å². The fourth-order valence-electron chi connectivity index (χ4n) is 6.05. The van der Waals surface area contributed by atoms with E-state index in [4.69, 9.17) is 0 Å². The van der Waals surface area contributed by atoms with Crippen LogP contribution in [-0.2, 0) is 29.8 Å². The molecule has 0 fully saturated rings. The van der Waals surface area contributed by atoms with E-state index in [1.165, 1.54) is 78.9 Å². The third-order valence-corrected chi connectivity index (χ3v) is 9.46. The van der Waals surface area contributed by atoms with Crippen LogP contribution in [0.5, 0.6) is 0 Å². The largest absolute Gasteiger partial charge is 1.00 e. The summed E-state index contributed by atoms with van der Waals surface area (Å²) >= 11 is 1.74. The van der Waals surface area contributed by atoms with Gasteiger partial charge in [0, 0.05) is 0 Å². The van der Waals surface area contributed by atoms with E-state index in [2.05, 4.69) is 171 Å². The van der Waals surface area contributed by atoms with Crippen LogP contribution in [0.2, 0.25) is 13.1 Å². The predicted octanol–water partition coefficient (Wildman–Crippen LogP) is 7.96. The van der Waals surface area contributed by atoms with Gasteiger partial charge in [-0.1, -0.05) is 120 Å². The molecule has 0 nitrogen and oxygen atoms in total. The van der Waals surface area contributed by atoms with E-state index < -0.39 is 0 Å². The van der Waals surface area contributed by atoms with Crippen LogP contribution in [0.3, 0.4) is 0 Å². The molecule has 0 amide bonds. The molecule has 0 aliphatic rings. The second-order valence-corrected chi connectivity index (χ2v) is 23.0. The number of fused-ring (bicyclic) bond motifs is 2. The molecule has 0 radical (unpaired) electrons. The van der Waals surface area contributed by atoms with E-state index in [0.29, 0.717) is 17.8 Å². The molecule has 0 N–H and O–H groups in total. The van der Waals surface area contributed by atoms with Crippen molar-refractivity contribution < 1.29 is 48.1 Å². The van der Waals surface area contributed by atoms with Crippen LogP contribution in [0.15, 0.2) is 109 Å². The van der Waals surface area contributed by atoms with Crippen LogP contribution in [0.4, 0.5) is 0 Å². The molecule has 0 heterocycles. The maximum atomic E-state index is 2.36. The van der Waals surface area contributed by atoms with Gasteiger partial charge in [-0.25, -0.2) is 0 Å². The summed E-state index contributed by atoms with van der Waals surface area (Å²) in [5.74, 6) is 1.85. The average molecular weight is 785 g/mol. The number of benzene rings is 4. The molecule has 49 heavy (non-hydrogen) atoms. The smallest absolute Gasteiger partial charge is 1.00 e. The van der Waals surface area contributed by atoms with Gasteiger partial charge in [-0.05, 0) is 59.3 Å². The molecule has 0 aromatic heterocycles. The van der Waals surface area contributed by atoms with E-state index in [0.717, 1.165) is 6.42 Å². The summed E-state index contributed by atoms with van der Waals surface area (Å²) in [6.07, 6.45) is 3.48. The van der Waals surface area contributed by atoms with Gasteiger partial charge >= 0.3 is 41.9 Å². The van der Waals surface area contributed by atoms with Gasteiger partial charge in [0.2, 0.25) is 0 Å². The van der Waals surface area contributed by atoms with Crippen LogP contribution < -0.4 is 24.8 Å². The van der Waals surface area contributed by atoms with Crippen molar-refractivity contribution in [3.05, 3.63) is 131 Å². The fourth-order valence-corrected chi connectivity index (χ4v) is 6.05. The molecular weight excluding hydrogens is 731 g/mol. The molecule has 6 rings (SSSR count). The topological polar surface area (TPSA) is 0 Å². The van der Waals surface area contributed by atoms with Gasteiger partial charge < -0.3 is 24.8 Å². The number of rotatable bonds is 8. The maximum Gasteiger partial charge on any atom is -1.00 e. The van der Waals surface area contributed by atoms with E-state index in [-0.39, 0.29) is 30.2 Å². The summed E-state index contributed by atoms with van der Waals surface area (Å²) in [4.78, 5) is 0. The molecular formula is C45H54Cl2SiZr-2. The standard InChI is InChI=1S/C22H25.C21H23.C2H6Si.2ClH.Zr/c1-5-16(4)17-9-11-18(12-10-17)21-8-6-7-19-13-20(15(2)3)14-22(19)21;1-4-15(3)17-9-11-18(12-10-17)20-8-6-7-19-13-16(5-2)14-21(19)20;1-3-2;;;/h6-16H,5H2,1-4H3;6-15H,4-5H2,1-3H3;1-2H3;2*1H;/q2*-1;;;;+2/p-2. The van der Waals surface area contributed by atoms with E-state index in [1.54, 1.807) is 23.3 Å². The Morgan fingerprint density at radius 1 is 0.592 bits per heavy atom. The third kappa shape index (κ3) is 11.4. The Morgan fingerprint density at radius 2 is 1.00 bits per heavy atom. The zero-order valence-electron chi connectivity index (χ0n) is 31.0. The first-order valence-corrected chi connectivity index (χ1v) is 23.8. The van der Waals surface area contributed by atoms with Gasteiger partial charge in [0.1, 0.15) is 0 Å². The predicted molar refractivity (Wildman–Crippen MR) is 208 cm³/mol. The number of halogens is 2. The van der Waals surface area contributed by atoms with Gasteiger partial charge in [0.25, 0.3) is 0 Å². The molecule has 2 atom stereocenters. The summed E-state index contributed by atoms with van der Waals surface area (Å²) in [5, 5.41) is 5.47. The molecule has 0 saturated carbocycles. The minimum atomic E-state index is 0.